The fourth-order valence-corrected chi connectivity index (χ4v) is 1.91. The molecule has 0 aliphatic carbocycles. The highest BCUT2D eigenvalue weighted by Crippen LogP contribution is 2.10. The number of carboxylic acid groups (broad SMARTS) is 1. The molecule has 0 atom stereocenters. The van der Waals surface area contributed by atoms with Crippen LogP contribution in [0.15, 0.2) is 35.3 Å². The molecule has 0 saturated heterocycles. The molecule has 0 spiro atoms. The molecule has 0 aliphatic heterocycles. The Bertz CT molecular complexity index is 651. The van der Waals surface area contributed by atoms with Gasteiger partial charge in [-0.2, -0.15) is 0 Å². The van der Waals surface area contributed by atoms with Crippen LogP contribution in [0.5, 0.6) is 0 Å². The summed E-state index contributed by atoms with van der Waals surface area (Å²) in [4.78, 5) is 28.7. The smallest absolute Gasteiger partial charge is 0.323 e. The minimum absolute atomic E-state index is 0.163. The molecule has 2 heterocycles. The number of carbonyl (C=O) groups is 1. The van der Waals surface area contributed by atoms with Crippen molar-refractivity contribution in [3.05, 3.63) is 40.8 Å². The van der Waals surface area contributed by atoms with E-state index < -0.39 is 5.97 Å². The molecular weight excluding hydrogens is 246 g/mol. The fourth-order valence-electron chi connectivity index (χ4n) is 1.91. The Kier molecular flexibility index (Phi) is 3.79. The maximum Gasteiger partial charge on any atom is 0.323 e. The van der Waals surface area contributed by atoms with E-state index in [0.29, 0.717) is 18.0 Å². The molecule has 0 aliphatic rings. The van der Waals surface area contributed by atoms with Crippen LogP contribution in [0.3, 0.4) is 0 Å². The van der Waals surface area contributed by atoms with Gasteiger partial charge in [0, 0.05) is 18.8 Å². The van der Waals surface area contributed by atoms with Gasteiger partial charge in [0.15, 0.2) is 0 Å². The van der Waals surface area contributed by atoms with Gasteiger partial charge in [-0.05, 0) is 18.6 Å². The van der Waals surface area contributed by atoms with Gasteiger partial charge in [0.25, 0.3) is 5.56 Å². The molecule has 19 heavy (non-hydrogen) atoms. The van der Waals surface area contributed by atoms with Crippen molar-refractivity contribution in [2.24, 2.45) is 0 Å². The number of fused-ring (bicyclic) bond motifs is 1. The number of hydrogen-bond acceptors (Lipinski definition) is 4. The van der Waals surface area contributed by atoms with Gasteiger partial charge in [0.1, 0.15) is 18.0 Å². The SMILES string of the molecule is CCCN(CC(=O)O)c1cc(=O)n2ccccc2n1. The Morgan fingerprint density at radius 3 is 2.95 bits per heavy atom. The van der Waals surface area contributed by atoms with E-state index in [2.05, 4.69) is 4.98 Å². The average Bonchev–Trinajstić information content (AvgIpc) is 2.38. The quantitative estimate of drug-likeness (QED) is 0.869. The lowest BCUT2D eigenvalue weighted by Gasteiger charge is -2.20. The number of nitrogens with zero attached hydrogens (tertiary/aromatic N) is 3. The zero-order valence-corrected chi connectivity index (χ0v) is 10.6. The summed E-state index contributed by atoms with van der Waals surface area (Å²) in [7, 11) is 0. The summed E-state index contributed by atoms with van der Waals surface area (Å²) in [5.41, 5.74) is 0.295. The number of rotatable bonds is 5. The predicted octanol–water partition coefficient (Wildman–Crippen LogP) is 0.995. The zero-order chi connectivity index (χ0) is 13.8. The number of pyridine rings is 1. The maximum absolute atomic E-state index is 11.9. The summed E-state index contributed by atoms with van der Waals surface area (Å²) in [6, 6.07) is 6.62. The molecule has 0 radical (unpaired) electrons. The minimum atomic E-state index is -0.941. The van der Waals surface area contributed by atoms with E-state index in [9.17, 15) is 9.59 Å². The number of aromatic nitrogens is 2. The molecule has 2 rings (SSSR count). The molecule has 6 nitrogen and oxygen atoms in total. The number of carboxylic acids is 1. The van der Waals surface area contributed by atoms with Crippen molar-refractivity contribution < 1.29 is 9.90 Å². The second kappa shape index (κ2) is 5.51. The van der Waals surface area contributed by atoms with Crippen LogP contribution >= 0.6 is 0 Å². The van der Waals surface area contributed by atoms with Crippen LogP contribution in [0, 0.1) is 0 Å². The van der Waals surface area contributed by atoms with Gasteiger partial charge >= 0.3 is 5.97 Å². The molecule has 0 saturated carbocycles. The van der Waals surface area contributed by atoms with Gasteiger partial charge in [-0.15, -0.1) is 0 Å². The summed E-state index contributed by atoms with van der Waals surface area (Å²) in [5.74, 6) is -0.538. The Morgan fingerprint density at radius 2 is 2.26 bits per heavy atom. The van der Waals surface area contributed by atoms with Gasteiger partial charge in [0.2, 0.25) is 0 Å². The summed E-state index contributed by atoms with van der Waals surface area (Å²) >= 11 is 0. The Morgan fingerprint density at radius 1 is 1.47 bits per heavy atom. The van der Waals surface area contributed by atoms with Gasteiger partial charge in [-0.1, -0.05) is 13.0 Å². The molecule has 0 amide bonds. The Balaban J connectivity index is 2.47. The first-order valence-corrected chi connectivity index (χ1v) is 6.07. The number of aliphatic carboxylic acids is 1. The average molecular weight is 261 g/mol. The summed E-state index contributed by atoms with van der Waals surface area (Å²) < 4.78 is 1.42. The Labute approximate surface area is 109 Å². The van der Waals surface area contributed by atoms with Crippen molar-refractivity contribution in [2.45, 2.75) is 13.3 Å². The first-order chi connectivity index (χ1) is 9.11. The van der Waals surface area contributed by atoms with Crippen LogP contribution in [0.4, 0.5) is 5.82 Å². The van der Waals surface area contributed by atoms with Gasteiger partial charge in [0.05, 0.1) is 0 Å². The molecule has 0 unspecified atom stereocenters. The van der Waals surface area contributed by atoms with Crippen LogP contribution in [0.25, 0.3) is 5.65 Å². The molecule has 1 N–H and O–H groups in total. The maximum atomic E-state index is 11.9. The lowest BCUT2D eigenvalue weighted by Crippen LogP contribution is -2.32. The Hall–Kier alpha value is -2.37. The molecule has 2 aromatic rings. The van der Waals surface area contributed by atoms with Crippen molar-refractivity contribution in [1.82, 2.24) is 9.38 Å². The van der Waals surface area contributed by atoms with Crippen LogP contribution in [-0.2, 0) is 4.79 Å². The third-order valence-electron chi connectivity index (χ3n) is 2.70. The van der Waals surface area contributed by atoms with E-state index in [-0.39, 0.29) is 12.1 Å². The predicted molar refractivity (Wildman–Crippen MR) is 71.6 cm³/mol. The van der Waals surface area contributed by atoms with Gasteiger partial charge < -0.3 is 10.0 Å². The van der Waals surface area contributed by atoms with Crippen LogP contribution in [0.2, 0.25) is 0 Å². The minimum Gasteiger partial charge on any atom is -0.480 e. The molecule has 6 heteroatoms. The van der Waals surface area contributed by atoms with Crippen LogP contribution < -0.4 is 10.5 Å². The summed E-state index contributed by atoms with van der Waals surface area (Å²) in [6.45, 7) is 2.33. The topological polar surface area (TPSA) is 74.9 Å². The molecule has 0 aromatic carbocycles. The second-order valence-electron chi connectivity index (χ2n) is 4.20. The lowest BCUT2D eigenvalue weighted by atomic mass is 10.3. The van der Waals surface area contributed by atoms with E-state index in [0.717, 1.165) is 6.42 Å². The lowest BCUT2D eigenvalue weighted by molar-refractivity contribution is -0.135. The van der Waals surface area contributed by atoms with E-state index in [1.807, 2.05) is 6.92 Å². The van der Waals surface area contributed by atoms with E-state index in [1.165, 1.54) is 10.5 Å². The molecule has 0 fully saturated rings. The van der Waals surface area contributed by atoms with Crippen molar-refractivity contribution in [1.29, 1.82) is 0 Å². The van der Waals surface area contributed by atoms with E-state index >= 15 is 0 Å². The summed E-state index contributed by atoms with van der Waals surface area (Å²) in [6.07, 6.45) is 2.42. The molecule has 0 bridgehead atoms. The zero-order valence-electron chi connectivity index (χ0n) is 10.6. The largest absolute Gasteiger partial charge is 0.480 e. The monoisotopic (exact) mass is 261 g/mol. The van der Waals surface area contributed by atoms with Crippen molar-refractivity contribution >= 4 is 17.4 Å². The molecular formula is C13H15N3O3. The van der Waals surface area contributed by atoms with Crippen molar-refractivity contribution in [2.75, 3.05) is 18.0 Å². The van der Waals surface area contributed by atoms with Crippen LogP contribution in [0.1, 0.15) is 13.3 Å². The standard InChI is InChI=1S/C13H15N3O3/c1-2-6-15(9-13(18)19)11-8-12(17)16-7-4-3-5-10(16)14-11/h3-5,7-8H,2,6,9H2,1H3,(H,18,19). The normalized spacial score (nSPS) is 10.6. The molecule has 2 aromatic heterocycles. The first kappa shape index (κ1) is 13.1. The van der Waals surface area contributed by atoms with Gasteiger partial charge in [-0.25, -0.2) is 4.98 Å². The van der Waals surface area contributed by atoms with Crippen LogP contribution in [-0.4, -0.2) is 33.6 Å². The molecule has 100 valence electrons. The number of anilines is 1. The van der Waals surface area contributed by atoms with Crippen molar-refractivity contribution in [3.63, 3.8) is 0 Å². The fraction of sp³-hybridized carbons (Fsp3) is 0.308. The third kappa shape index (κ3) is 2.90. The van der Waals surface area contributed by atoms with E-state index in [4.69, 9.17) is 5.11 Å². The second-order valence-corrected chi connectivity index (χ2v) is 4.20. The highest BCUT2D eigenvalue weighted by molar-refractivity contribution is 5.73. The third-order valence-corrected chi connectivity index (χ3v) is 2.70. The van der Waals surface area contributed by atoms with E-state index in [1.54, 1.807) is 29.3 Å². The summed E-state index contributed by atoms with van der Waals surface area (Å²) in [5, 5.41) is 8.90. The first-order valence-electron chi connectivity index (χ1n) is 6.07. The van der Waals surface area contributed by atoms with Gasteiger partial charge in [-0.3, -0.25) is 14.0 Å². The number of hydrogen-bond donors (Lipinski definition) is 1. The highest BCUT2D eigenvalue weighted by Gasteiger charge is 2.12. The highest BCUT2D eigenvalue weighted by atomic mass is 16.4. The van der Waals surface area contributed by atoms with Crippen molar-refractivity contribution in [3.8, 4) is 0 Å².